The Kier molecular flexibility index (Phi) is 4.46. The van der Waals surface area contributed by atoms with Gasteiger partial charge in [0.15, 0.2) is 0 Å². The molecule has 1 amide bonds. The maximum Gasteiger partial charge on any atom is 0.227 e. The molecule has 6 heteroatoms. The Morgan fingerprint density at radius 2 is 2.03 bits per heavy atom. The molecule has 29 heavy (non-hydrogen) atoms. The van der Waals surface area contributed by atoms with Gasteiger partial charge in [-0.15, -0.1) is 0 Å². The number of benzene rings is 2. The zero-order chi connectivity index (χ0) is 19.8. The molecule has 1 aliphatic heterocycles. The van der Waals surface area contributed by atoms with Crippen LogP contribution in [-0.4, -0.2) is 47.0 Å². The highest BCUT2D eigenvalue weighted by molar-refractivity contribution is 5.88. The lowest BCUT2D eigenvalue weighted by Gasteiger charge is -2.21. The summed E-state index contributed by atoms with van der Waals surface area (Å²) < 4.78 is 5.66. The number of hydrogen-bond acceptors (Lipinski definition) is 4. The van der Waals surface area contributed by atoms with E-state index in [9.17, 15) is 4.79 Å². The van der Waals surface area contributed by atoms with Crippen LogP contribution in [0.2, 0.25) is 0 Å². The number of rotatable bonds is 3. The molecule has 0 aliphatic carbocycles. The normalized spacial score (nSPS) is 15.2. The zero-order valence-corrected chi connectivity index (χ0v) is 16.5. The third kappa shape index (κ3) is 3.46. The fourth-order valence-electron chi connectivity index (χ4n) is 4.07. The molecule has 1 N–H and O–H groups in total. The molecule has 0 radical (unpaired) electrons. The average molecular weight is 388 g/mol. The molecule has 2 aromatic carbocycles. The summed E-state index contributed by atoms with van der Waals surface area (Å²) >= 11 is 0. The van der Waals surface area contributed by atoms with Crippen molar-refractivity contribution in [2.75, 3.05) is 31.1 Å². The number of carbonyl (C=O) groups is 1. The molecule has 1 aliphatic rings. The Hall–Kier alpha value is -3.28. The Morgan fingerprint density at radius 3 is 2.93 bits per heavy atom. The first kappa shape index (κ1) is 17.8. The summed E-state index contributed by atoms with van der Waals surface area (Å²) in [6, 6.07) is 14.2. The Morgan fingerprint density at radius 1 is 1.14 bits per heavy atom. The van der Waals surface area contributed by atoms with Crippen molar-refractivity contribution in [3.8, 4) is 0 Å². The van der Waals surface area contributed by atoms with Gasteiger partial charge < -0.3 is 19.2 Å². The van der Waals surface area contributed by atoms with Gasteiger partial charge in [-0.2, -0.15) is 0 Å². The van der Waals surface area contributed by atoms with Crippen LogP contribution in [0.3, 0.4) is 0 Å². The fraction of sp³-hybridized carbons (Fsp3) is 0.304. The molecule has 0 saturated carbocycles. The van der Waals surface area contributed by atoms with Crippen LogP contribution in [0, 0.1) is 6.92 Å². The van der Waals surface area contributed by atoms with E-state index in [4.69, 9.17) is 9.40 Å². The fourth-order valence-corrected chi connectivity index (χ4v) is 4.07. The van der Waals surface area contributed by atoms with E-state index >= 15 is 0 Å². The van der Waals surface area contributed by atoms with E-state index in [1.54, 1.807) is 6.26 Å². The first-order valence-corrected chi connectivity index (χ1v) is 10.1. The maximum atomic E-state index is 13.0. The molecule has 0 unspecified atom stereocenters. The largest absolute Gasteiger partial charge is 0.464 e. The van der Waals surface area contributed by atoms with Crippen molar-refractivity contribution < 1.29 is 9.21 Å². The number of imidazole rings is 1. The van der Waals surface area contributed by atoms with Gasteiger partial charge in [-0.05, 0) is 37.1 Å². The number of carbonyl (C=O) groups excluding carboxylic acids is 1. The van der Waals surface area contributed by atoms with Gasteiger partial charge >= 0.3 is 0 Å². The molecule has 0 spiro atoms. The third-order valence-electron chi connectivity index (χ3n) is 5.68. The minimum absolute atomic E-state index is 0.153. The lowest BCUT2D eigenvalue weighted by atomic mass is 10.1. The number of para-hydroxylation sites is 2. The van der Waals surface area contributed by atoms with Gasteiger partial charge in [0.2, 0.25) is 11.9 Å². The van der Waals surface area contributed by atoms with Gasteiger partial charge in [0.05, 0.1) is 23.7 Å². The molecule has 1 saturated heterocycles. The quantitative estimate of drug-likeness (QED) is 0.578. The summed E-state index contributed by atoms with van der Waals surface area (Å²) in [5, 5.41) is 1.03. The number of aromatic amines is 1. The second-order valence-corrected chi connectivity index (χ2v) is 7.74. The molecule has 148 valence electrons. The minimum Gasteiger partial charge on any atom is -0.464 e. The van der Waals surface area contributed by atoms with Crippen molar-refractivity contribution in [3.63, 3.8) is 0 Å². The monoisotopic (exact) mass is 388 g/mol. The number of fused-ring (bicyclic) bond motifs is 2. The molecule has 5 rings (SSSR count). The van der Waals surface area contributed by atoms with Crippen LogP contribution in [0.25, 0.3) is 22.0 Å². The summed E-state index contributed by atoms with van der Waals surface area (Å²) in [7, 11) is 0. The molecule has 2 aromatic heterocycles. The lowest BCUT2D eigenvalue weighted by molar-refractivity contribution is -0.130. The topological polar surface area (TPSA) is 65.4 Å². The molecule has 0 atom stereocenters. The van der Waals surface area contributed by atoms with Crippen molar-refractivity contribution >= 4 is 33.9 Å². The van der Waals surface area contributed by atoms with Gasteiger partial charge in [-0.1, -0.05) is 24.3 Å². The third-order valence-corrected chi connectivity index (χ3v) is 5.68. The smallest absolute Gasteiger partial charge is 0.227 e. The number of aromatic nitrogens is 2. The number of furan rings is 1. The van der Waals surface area contributed by atoms with E-state index in [1.165, 1.54) is 0 Å². The summed E-state index contributed by atoms with van der Waals surface area (Å²) in [6.07, 6.45) is 3.02. The highest BCUT2D eigenvalue weighted by Crippen LogP contribution is 2.24. The van der Waals surface area contributed by atoms with Gasteiger partial charge in [-0.3, -0.25) is 4.79 Å². The highest BCUT2D eigenvalue weighted by Gasteiger charge is 2.22. The SMILES string of the molecule is Cc1ccc2c(CC(=O)N3CCCN(c4nc5ccccc5[nH]4)CC3)coc2c1. The molecular weight excluding hydrogens is 364 g/mol. The van der Waals surface area contributed by atoms with Gasteiger partial charge in [0.25, 0.3) is 0 Å². The number of nitrogens with zero attached hydrogens (tertiary/aromatic N) is 3. The number of H-pyrrole nitrogens is 1. The van der Waals surface area contributed by atoms with Crippen LogP contribution in [-0.2, 0) is 11.2 Å². The molecule has 6 nitrogen and oxygen atoms in total. The number of anilines is 1. The zero-order valence-electron chi connectivity index (χ0n) is 16.5. The predicted octanol–water partition coefficient (Wildman–Crippen LogP) is 3.90. The van der Waals surface area contributed by atoms with Crippen LogP contribution in [0.15, 0.2) is 53.1 Å². The van der Waals surface area contributed by atoms with Crippen molar-refractivity contribution in [2.45, 2.75) is 19.8 Å². The van der Waals surface area contributed by atoms with Gasteiger partial charge in [0, 0.05) is 37.1 Å². The average Bonchev–Trinajstić information content (AvgIpc) is 3.23. The molecular formula is C23H24N4O2. The first-order chi connectivity index (χ1) is 14.2. The van der Waals surface area contributed by atoms with E-state index in [0.29, 0.717) is 13.0 Å². The van der Waals surface area contributed by atoms with Gasteiger partial charge in [0.1, 0.15) is 5.58 Å². The molecule has 3 heterocycles. The molecule has 0 bridgehead atoms. The van der Waals surface area contributed by atoms with Crippen molar-refractivity contribution in [1.82, 2.24) is 14.9 Å². The van der Waals surface area contributed by atoms with E-state index in [2.05, 4.69) is 16.0 Å². The van der Waals surface area contributed by atoms with Crippen molar-refractivity contribution in [2.24, 2.45) is 0 Å². The number of nitrogens with one attached hydrogen (secondary N) is 1. The first-order valence-electron chi connectivity index (χ1n) is 10.1. The lowest BCUT2D eigenvalue weighted by Crippen LogP contribution is -2.36. The molecule has 4 aromatic rings. The maximum absolute atomic E-state index is 13.0. The van der Waals surface area contributed by atoms with Crippen LogP contribution in [0.4, 0.5) is 5.95 Å². The predicted molar refractivity (Wildman–Crippen MR) is 114 cm³/mol. The standard InChI is InChI=1S/C23H24N4O2/c1-16-7-8-18-17(15-29-21(18)13-16)14-22(28)26-9-4-10-27(12-11-26)23-24-19-5-2-3-6-20(19)25-23/h2-3,5-8,13,15H,4,9-12,14H2,1H3,(H,24,25). The number of aryl methyl sites for hydroxylation is 1. The summed E-state index contributed by atoms with van der Waals surface area (Å²) in [5.41, 5.74) is 4.98. The molecule has 1 fully saturated rings. The van der Waals surface area contributed by atoms with Crippen LogP contribution < -0.4 is 4.90 Å². The summed E-state index contributed by atoms with van der Waals surface area (Å²) in [5.74, 6) is 1.04. The second kappa shape index (κ2) is 7.28. The van der Waals surface area contributed by atoms with Crippen molar-refractivity contribution in [1.29, 1.82) is 0 Å². The number of hydrogen-bond donors (Lipinski definition) is 1. The van der Waals surface area contributed by atoms with Gasteiger partial charge in [-0.25, -0.2) is 4.98 Å². The number of amides is 1. The summed E-state index contributed by atoms with van der Waals surface area (Å²) in [4.78, 5) is 25.3. The Bertz CT molecular complexity index is 1140. The van der Waals surface area contributed by atoms with E-state index < -0.39 is 0 Å². The van der Waals surface area contributed by atoms with Crippen molar-refractivity contribution in [3.05, 3.63) is 59.9 Å². The minimum atomic E-state index is 0.153. The Balaban J connectivity index is 1.28. The van der Waals surface area contributed by atoms with Crippen LogP contribution in [0.1, 0.15) is 17.5 Å². The van der Waals surface area contributed by atoms with E-state index in [-0.39, 0.29) is 5.91 Å². The Labute approximate surface area is 169 Å². The highest BCUT2D eigenvalue weighted by atomic mass is 16.3. The van der Waals surface area contributed by atoms with E-state index in [0.717, 1.165) is 65.1 Å². The van der Waals surface area contributed by atoms with Crippen LogP contribution in [0.5, 0.6) is 0 Å². The second-order valence-electron chi connectivity index (χ2n) is 7.74. The summed E-state index contributed by atoms with van der Waals surface area (Å²) in [6.45, 7) is 5.17. The van der Waals surface area contributed by atoms with Crippen LogP contribution >= 0.6 is 0 Å². The van der Waals surface area contributed by atoms with E-state index in [1.807, 2.05) is 48.2 Å².